The van der Waals surface area contributed by atoms with E-state index in [9.17, 15) is 14.5 Å². The molecule has 0 spiro atoms. The average Bonchev–Trinajstić information content (AvgIpc) is 2.75. The molecule has 0 aliphatic carbocycles. The van der Waals surface area contributed by atoms with Crippen molar-refractivity contribution in [2.45, 2.75) is 38.9 Å². The number of nitrogens with zero attached hydrogens (tertiary/aromatic N) is 3. The molecule has 30 heavy (non-hydrogen) atoms. The molecule has 0 atom stereocenters. The van der Waals surface area contributed by atoms with Gasteiger partial charge in [-0.2, -0.15) is 0 Å². The van der Waals surface area contributed by atoms with E-state index >= 15 is 0 Å². The first-order valence-corrected chi connectivity index (χ1v) is 10.3. The van der Waals surface area contributed by atoms with Crippen molar-refractivity contribution in [3.8, 4) is 0 Å². The summed E-state index contributed by atoms with van der Waals surface area (Å²) >= 11 is 0. The molecule has 1 heterocycles. The molecule has 2 aromatic carbocycles. The van der Waals surface area contributed by atoms with Crippen LogP contribution >= 0.6 is 0 Å². The molecule has 1 aliphatic heterocycles. The fourth-order valence-electron chi connectivity index (χ4n) is 3.54. The number of guanidine groups is 1. The Morgan fingerprint density at radius 3 is 2.60 bits per heavy atom. The molecule has 1 saturated heterocycles. The summed E-state index contributed by atoms with van der Waals surface area (Å²) in [6.07, 6.45) is 1.98. The van der Waals surface area contributed by atoms with Crippen LogP contribution in [0.3, 0.4) is 0 Å². The molecule has 0 aromatic heterocycles. The van der Waals surface area contributed by atoms with Gasteiger partial charge in [-0.05, 0) is 43.0 Å². The van der Waals surface area contributed by atoms with Crippen LogP contribution in [0.4, 0.5) is 10.1 Å². The summed E-state index contributed by atoms with van der Waals surface area (Å²) in [5, 5.41) is 17.7. The Morgan fingerprint density at radius 2 is 1.93 bits per heavy atom. The molecule has 3 rings (SSSR count). The zero-order chi connectivity index (χ0) is 21.3. The monoisotopic (exact) mass is 413 g/mol. The number of benzene rings is 2. The second kappa shape index (κ2) is 10.7. The van der Waals surface area contributed by atoms with E-state index < -0.39 is 4.92 Å². The van der Waals surface area contributed by atoms with E-state index in [2.05, 4.69) is 20.5 Å². The normalized spacial score (nSPS) is 15.7. The van der Waals surface area contributed by atoms with Crippen molar-refractivity contribution in [1.82, 2.24) is 15.5 Å². The summed E-state index contributed by atoms with van der Waals surface area (Å²) in [5.74, 6) is 0.517. The van der Waals surface area contributed by atoms with E-state index in [1.165, 1.54) is 18.2 Å². The smallest absolute Gasteiger partial charge is 0.269 e. The van der Waals surface area contributed by atoms with Crippen molar-refractivity contribution < 1.29 is 9.31 Å². The predicted molar refractivity (Wildman–Crippen MR) is 116 cm³/mol. The molecule has 160 valence electrons. The lowest BCUT2D eigenvalue weighted by atomic mass is 10.0. The highest BCUT2D eigenvalue weighted by atomic mass is 19.1. The van der Waals surface area contributed by atoms with Crippen LogP contribution in [0.1, 0.15) is 30.9 Å². The van der Waals surface area contributed by atoms with E-state index in [1.807, 2.05) is 25.1 Å². The Kier molecular flexibility index (Phi) is 7.73. The van der Waals surface area contributed by atoms with Gasteiger partial charge < -0.3 is 10.6 Å². The third-order valence-corrected chi connectivity index (χ3v) is 5.13. The third-order valence-electron chi connectivity index (χ3n) is 5.13. The number of piperidine rings is 1. The first-order valence-electron chi connectivity index (χ1n) is 10.3. The highest BCUT2D eigenvalue weighted by Gasteiger charge is 2.20. The highest BCUT2D eigenvalue weighted by Crippen LogP contribution is 2.15. The van der Waals surface area contributed by atoms with E-state index in [0.29, 0.717) is 12.6 Å². The summed E-state index contributed by atoms with van der Waals surface area (Å²) in [4.78, 5) is 17.5. The Balaban J connectivity index is 1.51. The number of nitrogens with one attached hydrogen (secondary N) is 2. The van der Waals surface area contributed by atoms with Crippen LogP contribution in [0.25, 0.3) is 0 Å². The molecule has 0 saturated carbocycles. The molecule has 0 unspecified atom stereocenters. The van der Waals surface area contributed by atoms with Crippen molar-refractivity contribution in [2.75, 3.05) is 19.6 Å². The lowest BCUT2D eigenvalue weighted by Crippen LogP contribution is -2.48. The molecule has 1 aliphatic rings. The van der Waals surface area contributed by atoms with Crippen molar-refractivity contribution >= 4 is 11.6 Å². The number of hydrogen-bond acceptors (Lipinski definition) is 4. The van der Waals surface area contributed by atoms with Gasteiger partial charge in [-0.25, -0.2) is 9.38 Å². The second-order valence-electron chi connectivity index (χ2n) is 7.44. The Hall–Kier alpha value is -3.00. The van der Waals surface area contributed by atoms with Crippen LogP contribution < -0.4 is 10.6 Å². The molecule has 7 nitrogen and oxygen atoms in total. The van der Waals surface area contributed by atoms with Crippen LogP contribution in [0.5, 0.6) is 0 Å². The number of hydrogen-bond donors (Lipinski definition) is 2. The van der Waals surface area contributed by atoms with E-state index in [1.54, 1.807) is 12.1 Å². The summed E-state index contributed by atoms with van der Waals surface area (Å²) in [6, 6.07) is 13.6. The first kappa shape index (κ1) is 21.7. The topological polar surface area (TPSA) is 82.8 Å². The van der Waals surface area contributed by atoms with Crippen LogP contribution in [-0.2, 0) is 13.1 Å². The fourth-order valence-corrected chi connectivity index (χ4v) is 3.54. The van der Waals surface area contributed by atoms with E-state index in [4.69, 9.17) is 0 Å². The van der Waals surface area contributed by atoms with E-state index in [-0.39, 0.29) is 11.5 Å². The number of nitro groups is 1. The van der Waals surface area contributed by atoms with Crippen molar-refractivity contribution in [2.24, 2.45) is 4.99 Å². The lowest BCUT2D eigenvalue weighted by Gasteiger charge is -2.33. The maximum absolute atomic E-state index is 13.1. The first-order chi connectivity index (χ1) is 14.5. The minimum Gasteiger partial charge on any atom is -0.357 e. The predicted octanol–water partition coefficient (Wildman–Crippen LogP) is 3.45. The summed E-state index contributed by atoms with van der Waals surface area (Å²) in [7, 11) is 0. The van der Waals surface area contributed by atoms with Gasteiger partial charge in [0, 0.05) is 44.4 Å². The molecule has 2 N–H and O–H groups in total. The minimum atomic E-state index is -0.392. The Labute approximate surface area is 176 Å². The van der Waals surface area contributed by atoms with Gasteiger partial charge in [0.15, 0.2) is 5.96 Å². The Bertz CT molecular complexity index is 864. The van der Waals surface area contributed by atoms with Gasteiger partial charge in [0.05, 0.1) is 11.5 Å². The van der Waals surface area contributed by atoms with Crippen LogP contribution in [0.15, 0.2) is 53.5 Å². The van der Waals surface area contributed by atoms with Crippen molar-refractivity contribution in [3.05, 3.63) is 75.6 Å². The molecular weight excluding hydrogens is 385 g/mol. The molecular formula is C22H28FN5O2. The van der Waals surface area contributed by atoms with Crippen molar-refractivity contribution in [3.63, 3.8) is 0 Å². The number of likely N-dealkylation sites (tertiary alicyclic amines) is 1. The SMILES string of the molecule is CCNC(=NCc1cccc([N+](=O)[O-])c1)NC1CCN(Cc2ccc(F)cc2)CC1. The molecule has 0 amide bonds. The summed E-state index contributed by atoms with van der Waals surface area (Å²) in [6.45, 7) is 5.87. The fraction of sp³-hybridized carbons (Fsp3) is 0.409. The maximum atomic E-state index is 13.1. The van der Waals surface area contributed by atoms with Gasteiger partial charge >= 0.3 is 0 Å². The Morgan fingerprint density at radius 1 is 1.20 bits per heavy atom. The van der Waals surface area contributed by atoms with Crippen LogP contribution in [-0.4, -0.2) is 41.5 Å². The number of halogens is 1. The molecule has 1 fully saturated rings. The molecule has 2 aromatic rings. The molecule has 8 heteroatoms. The second-order valence-corrected chi connectivity index (χ2v) is 7.44. The lowest BCUT2D eigenvalue weighted by molar-refractivity contribution is -0.384. The molecule has 0 radical (unpaired) electrons. The van der Waals surface area contributed by atoms with Crippen molar-refractivity contribution in [1.29, 1.82) is 0 Å². The van der Waals surface area contributed by atoms with Gasteiger partial charge in [-0.1, -0.05) is 24.3 Å². The standard InChI is InChI=1S/C22H28FN5O2/c1-2-24-22(25-15-18-4-3-5-21(14-18)28(29)30)26-20-10-12-27(13-11-20)16-17-6-8-19(23)9-7-17/h3-9,14,20H,2,10-13,15-16H2,1H3,(H2,24,25,26). The number of rotatable bonds is 7. The van der Waals surface area contributed by atoms with E-state index in [0.717, 1.165) is 56.1 Å². The average molecular weight is 413 g/mol. The van der Waals surface area contributed by atoms with Crippen LogP contribution in [0, 0.1) is 15.9 Å². The minimum absolute atomic E-state index is 0.0780. The molecule has 0 bridgehead atoms. The largest absolute Gasteiger partial charge is 0.357 e. The zero-order valence-electron chi connectivity index (χ0n) is 17.2. The van der Waals surface area contributed by atoms with Gasteiger partial charge in [0.25, 0.3) is 5.69 Å². The summed E-state index contributed by atoms with van der Waals surface area (Å²) < 4.78 is 13.1. The highest BCUT2D eigenvalue weighted by molar-refractivity contribution is 5.80. The summed E-state index contributed by atoms with van der Waals surface area (Å²) in [5.41, 5.74) is 2.00. The third kappa shape index (κ3) is 6.52. The van der Waals surface area contributed by atoms with Gasteiger partial charge in [-0.3, -0.25) is 15.0 Å². The van der Waals surface area contributed by atoms with Gasteiger partial charge in [0.1, 0.15) is 5.82 Å². The zero-order valence-corrected chi connectivity index (χ0v) is 17.2. The van der Waals surface area contributed by atoms with Crippen LogP contribution in [0.2, 0.25) is 0 Å². The quantitative estimate of drug-likeness (QED) is 0.314. The van der Waals surface area contributed by atoms with Gasteiger partial charge in [0.2, 0.25) is 0 Å². The van der Waals surface area contributed by atoms with Gasteiger partial charge in [-0.15, -0.1) is 0 Å². The number of aliphatic imine (C=N–C) groups is 1. The number of non-ortho nitro benzene ring substituents is 1. The maximum Gasteiger partial charge on any atom is 0.269 e. The number of nitro benzene ring substituents is 1.